The Kier molecular flexibility index (Phi) is 5.03. The average molecular weight is 379 g/mol. The number of anilines is 1. The minimum atomic E-state index is -0.0905. The molecule has 2 aromatic carbocycles. The predicted molar refractivity (Wildman–Crippen MR) is 108 cm³/mol. The summed E-state index contributed by atoms with van der Waals surface area (Å²) in [5.41, 5.74) is 1.10. The van der Waals surface area contributed by atoms with E-state index in [1.807, 2.05) is 36.4 Å². The van der Waals surface area contributed by atoms with Crippen molar-refractivity contribution in [1.82, 2.24) is 10.2 Å². The number of benzene rings is 2. The molecule has 1 aliphatic heterocycles. The zero-order valence-corrected chi connectivity index (χ0v) is 16.0. The molecule has 0 radical (unpaired) electrons. The van der Waals surface area contributed by atoms with Crippen molar-refractivity contribution >= 4 is 34.2 Å². The first-order valence-electron chi connectivity index (χ1n) is 9.91. The molecule has 2 aromatic rings. The molecule has 146 valence electrons. The molecule has 1 aliphatic carbocycles. The van der Waals surface area contributed by atoms with Crippen molar-refractivity contribution in [3.63, 3.8) is 0 Å². The lowest BCUT2D eigenvalue weighted by molar-refractivity contribution is -0.125. The van der Waals surface area contributed by atoms with Crippen LogP contribution in [0.25, 0.3) is 10.8 Å². The number of amides is 3. The fourth-order valence-corrected chi connectivity index (χ4v) is 3.82. The van der Waals surface area contributed by atoms with Gasteiger partial charge in [0.25, 0.3) is 5.91 Å². The molecule has 0 unspecified atom stereocenters. The number of hydrogen-bond acceptors (Lipinski definition) is 3. The molecule has 6 heteroatoms. The highest BCUT2D eigenvalue weighted by Gasteiger charge is 2.32. The van der Waals surface area contributed by atoms with Crippen LogP contribution in [0.3, 0.4) is 0 Å². The number of carbonyl (C=O) groups is 3. The Labute approximate surface area is 164 Å². The Morgan fingerprint density at radius 1 is 0.893 bits per heavy atom. The van der Waals surface area contributed by atoms with E-state index in [0.717, 1.165) is 23.6 Å². The summed E-state index contributed by atoms with van der Waals surface area (Å²) >= 11 is 0. The number of hydrogen-bond donors (Lipinski definition) is 2. The molecule has 0 spiro atoms. The highest BCUT2D eigenvalue weighted by molar-refractivity contribution is 6.08. The zero-order chi connectivity index (χ0) is 19.7. The minimum Gasteiger partial charge on any atom is -0.359 e. The predicted octanol–water partition coefficient (Wildman–Crippen LogP) is 2.79. The van der Waals surface area contributed by atoms with Crippen LogP contribution in [-0.4, -0.2) is 42.8 Å². The van der Waals surface area contributed by atoms with Gasteiger partial charge in [0.2, 0.25) is 11.8 Å². The summed E-state index contributed by atoms with van der Waals surface area (Å²) in [6, 6.07) is 11.6. The van der Waals surface area contributed by atoms with E-state index in [4.69, 9.17) is 0 Å². The van der Waals surface area contributed by atoms with Crippen molar-refractivity contribution in [2.24, 2.45) is 11.8 Å². The van der Waals surface area contributed by atoms with Crippen LogP contribution in [0.2, 0.25) is 0 Å². The number of carbonyl (C=O) groups excluding carboxylic acids is 3. The third-order valence-electron chi connectivity index (χ3n) is 5.72. The van der Waals surface area contributed by atoms with Crippen LogP contribution in [0, 0.1) is 11.8 Å². The lowest BCUT2D eigenvalue weighted by Gasteiger charge is -2.31. The molecule has 2 fully saturated rings. The summed E-state index contributed by atoms with van der Waals surface area (Å²) in [4.78, 5) is 39.2. The summed E-state index contributed by atoms with van der Waals surface area (Å²) in [5, 5.41) is 7.62. The van der Waals surface area contributed by atoms with Crippen LogP contribution in [0.1, 0.15) is 36.0 Å². The highest BCUT2D eigenvalue weighted by atomic mass is 16.2. The lowest BCUT2D eigenvalue weighted by Crippen LogP contribution is -2.42. The van der Waals surface area contributed by atoms with E-state index in [0.29, 0.717) is 37.2 Å². The number of piperidine rings is 1. The molecule has 1 saturated heterocycles. The van der Waals surface area contributed by atoms with Crippen molar-refractivity contribution < 1.29 is 14.4 Å². The second kappa shape index (κ2) is 7.62. The quantitative estimate of drug-likeness (QED) is 0.857. The van der Waals surface area contributed by atoms with E-state index < -0.39 is 0 Å². The summed E-state index contributed by atoms with van der Waals surface area (Å²) in [7, 11) is 1.64. The maximum Gasteiger partial charge on any atom is 0.255 e. The first-order chi connectivity index (χ1) is 13.6. The molecule has 2 N–H and O–H groups in total. The summed E-state index contributed by atoms with van der Waals surface area (Å²) in [6.45, 7) is 1.08. The van der Waals surface area contributed by atoms with Gasteiger partial charge in [-0.25, -0.2) is 0 Å². The smallest absolute Gasteiger partial charge is 0.255 e. The Balaban J connectivity index is 1.59. The van der Waals surface area contributed by atoms with Crippen LogP contribution in [0.4, 0.5) is 5.69 Å². The molecule has 28 heavy (non-hydrogen) atoms. The maximum atomic E-state index is 13.3. The van der Waals surface area contributed by atoms with Gasteiger partial charge in [-0.1, -0.05) is 24.3 Å². The van der Waals surface area contributed by atoms with Crippen molar-refractivity contribution in [3.8, 4) is 0 Å². The fourth-order valence-electron chi connectivity index (χ4n) is 3.82. The van der Waals surface area contributed by atoms with E-state index in [9.17, 15) is 14.4 Å². The number of nitrogens with one attached hydrogen (secondary N) is 2. The first-order valence-corrected chi connectivity index (χ1v) is 9.91. The van der Waals surface area contributed by atoms with Gasteiger partial charge >= 0.3 is 0 Å². The molecule has 2 aliphatic rings. The van der Waals surface area contributed by atoms with Crippen molar-refractivity contribution in [2.75, 3.05) is 25.5 Å². The van der Waals surface area contributed by atoms with Gasteiger partial charge in [0.05, 0.1) is 11.3 Å². The van der Waals surface area contributed by atoms with E-state index in [2.05, 4.69) is 10.6 Å². The normalized spacial score (nSPS) is 17.4. The maximum absolute atomic E-state index is 13.3. The van der Waals surface area contributed by atoms with Gasteiger partial charge in [0.1, 0.15) is 0 Å². The number of fused-ring (bicyclic) bond motifs is 1. The second-order valence-electron chi connectivity index (χ2n) is 7.69. The first kappa shape index (κ1) is 18.5. The molecule has 6 nitrogen and oxygen atoms in total. The Hall–Kier alpha value is -2.89. The standard InChI is InChI=1S/C22H25N3O3/c1-23-20(26)15-8-10-25(11-9-15)22(28)18-12-16-4-2-3-5-17(16)13-19(18)24-21(27)14-6-7-14/h2-5,12-15H,6-11H2,1H3,(H,23,26)(H,24,27). The molecule has 4 rings (SSSR count). The molecule has 1 heterocycles. The molecule has 0 bridgehead atoms. The topological polar surface area (TPSA) is 78.5 Å². The number of rotatable bonds is 4. The third kappa shape index (κ3) is 3.72. The SMILES string of the molecule is CNC(=O)C1CCN(C(=O)c2cc3ccccc3cc2NC(=O)C2CC2)CC1. The Morgan fingerprint density at radius 2 is 1.50 bits per heavy atom. The van der Waals surface area contributed by atoms with Crippen LogP contribution in [0.5, 0.6) is 0 Å². The fraction of sp³-hybridized carbons (Fsp3) is 0.409. The molecular weight excluding hydrogens is 354 g/mol. The Bertz CT molecular complexity index is 928. The van der Waals surface area contributed by atoms with E-state index in [1.165, 1.54) is 0 Å². The largest absolute Gasteiger partial charge is 0.359 e. The van der Waals surface area contributed by atoms with Gasteiger partial charge in [-0.2, -0.15) is 0 Å². The van der Waals surface area contributed by atoms with Gasteiger partial charge in [-0.05, 0) is 48.6 Å². The van der Waals surface area contributed by atoms with Crippen LogP contribution in [0.15, 0.2) is 36.4 Å². The lowest BCUT2D eigenvalue weighted by atomic mass is 9.95. The van der Waals surface area contributed by atoms with Gasteiger partial charge < -0.3 is 15.5 Å². The minimum absolute atomic E-state index is 0.0114. The molecule has 1 saturated carbocycles. The number of likely N-dealkylation sites (tertiary alicyclic amines) is 1. The summed E-state index contributed by atoms with van der Waals surface area (Å²) < 4.78 is 0. The highest BCUT2D eigenvalue weighted by Crippen LogP contribution is 2.32. The van der Waals surface area contributed by atoms with Gasteiger partial charge in [-0.3, -0.25) is 14.4 Å². The van der Waals surface area contributed by atoms with Gasteiger partial charge in [0.15, 0.2) is 0 Å². The van der Waals surface area contributed by atoms with Crippen LogP contribution in [-0.2, 0) is 9.59 Å². The number of nitrogens with zero attached hydrogens (tertiary/aromatic N) is 1. The Morgan fingerprint density at radius 3 is 2.11 bits per heavy atom. The van der Waals surface area contributed by atoms with Crippen molar-refractivity contribution in [2.45, 2.75) is 25.7 Å². The molecule has 0 atom stereocenters. The van der Waals surface area contributed by atoms with Gasteiger partial charge in [-0.15, -0.1) is 0 Å². The van der Waals surface area contributed by atoms with E-state index in [1.54, 1.807) is 11.9 Å². The molecular formula is C22H25N3O3. The van der Waals surface area contributed by atoms with Gasteiger partial charge in [0, 0.05) is 32.0 Å². The average Bonchev–Trinajstić information content (AvgIpc) is 3.58. The second-order valence-corrected chi connectivity index (χ2v) is 7.69. The third-order valence-corrected chi connectivity index (χ3v) is 5.72. The summed E-state index contributed by atoms with van der Waals surface area (Å²) in [6.07, 6.45) is 3.14. The van der Waals surface area contributed by atoms with E-state index >= 15 is 0 Å². The zero-order valence-electron chi connectivity index (χ0n) is 16.0. The van der Waals surface area contributed by atoms with E-state index in [-0.39, 0.29) is 29.6 Å². The van der Waals surface area contributed by atoms with Crippen LogP contribution < -0.4 is 10.6 Å². The molecule has 0 aromatic heterocycles. The van der Waals surface area contributed by atoms with Crippen molar-refractivity contribution in [1.29, 1.82) is 0 Å². The van der Waals surface area contributed by atoms with Crippen LogP contribution >= 0.6 is 0 Å². The van der Waals surface area contributed by atoms with Crippen molar-refractivity contribution in [3.05, 3.63) is 42.0 Å². The summed E-state index contributed by atoms with van der Waals surface area (Å²) in [5.74, 6) is -0.0394. The molecule has 3 amide bonds. The monoisotopic (exact) mass is 379 g/mol.